The Kier molecular flexibility index (Phi) is 20.8. The minimum atomic E-state index is 0.482. The van der Waals surface area contributed by atoms with E-state index in [0.29, 0.717) is 52.5 Å². The first-order chi connectivity index (χ1) is 71.0. The number of fused-ring (bicyclic) bond motifs is 12. The molecule has 0 N–H and O–H groups in total. The summed E-state index contributed by atoms with van der Waals surface area (Å²) in [7, 11) is 0. The molecule has 0 amide bonds. The average Bonchev–Trinajstić information content (AvgIpc) is 1.56. The predicted molar refractivity (Wildman–Crippen MR) is 589 cm³/mol. The van der Waals surface area contributed by atoms with Crippen LogP contribution in [0.5, 0.6) is 0 Å². The summed E-state index contributed by atoms with van der Waals surface area (Å²) < 4.78 is 9.39. The molecule has 0 bridgehead atoms. The normalized spacial score (nSPS) is 11.6. The van der Waals surface area contributed by atoms with Crippen molar-refractivity contribution in [3.63, 3.8) is 0 Å². The van der Waals surface area contributed by atoms with Gasteiger partial charge in [-0.2, -0.15) is 10.5 Å². The van der Waals surface area contributed by atoms with Crippen LogP contribution in [0.3, 0.4) is 0 Å². The van der Waals surface area contributed by atoms with Gasteiger partial charge < -0.3 is 18.3 Å². The van der Waals surface area contributed by atoms with Gasteiger partial charge in [0, 0.05) is 110 Å². The third-order valence-corrected chi connectivity index (χ3v) is 28.4. The van der Waals surface area contributed by atoms with E-state index in [1.807, 2.05) is 103 Å². The molecule has 12 nitrogen and oxygen atoms in total. The SMILES string of the molecule is Cc1ccc(-c2ccc3c(c2)c2ccccc2n3-c2ccc(C#N)c(-c3cc(-c4nc(-c5ccccc5)nc(-c5ccc(Cc6cccc(-c7ccc8c(c7)c7ccccc7n8-c7ccc(C#N)c(-c8cc(-c9nc(-c%10ccccc%10)nc(-c%10ccccc%10)n9)ccc8-n8c9ccccc9c9cc(-c%10cccc(C)c%10)ccc98)c7)c6)cc5)n4)ccc3-n3c4ccccc4c4cc(-c5ccc(C)cc5)ccc43)c2)cc1. The van der Waals surface area contributed by atoms with E-state index in [9.17, 15) is 10.5 Å². The largest absolute Gasteiger partial charge is 0.309 e. The first-order valence-corrected chi connectivity index (χ1v) is 48.6. The zero-order chi connectivity index (χ0) is 96.2. The van der Waals surface area contributed by atoms with Crippen LogP contribution in [0.15, 0.2) is 455 Å². The molecule has 6 heterocycles. The van der Waals surface area contributed by atoms with Crippen LogP contribution in [0.2, 0.25) is 0 Å². The molecule has 20 aromatic carbocycles. The van der Waals surface area contributed by atoms with Gasteiger partial charge >= 0.3 is 0 Å². The molecule has 12 heteroatoms. The van der Waals surface area contributed by atoms with Crippen LogP contribution in [0, 0.1) is 43.4 Å². The third-order valence-electron chi connectivity index (χ3n) is 28.4. The minimum Gasteiger partial charge on any atom is -0.309 e. The van der Waals surface area contributed by atoms with E-state index in [0.717, 1.165) is 221 Å². The van der Waals surface area contributed by atoms with Crippen LogP contribution >= 0.6 is 0 Å². The minimum absolute atomic E-state index is 0.482. The fraction of sp³-hybridized carbons (Fsp3) is 0.0303. The molecule has 0 spiro atoms. The molecule has 6 aromatic heterocycles. The fourth-order valence-corrected chi connectivity index (χ4v) is 21.3. The van der Waals surface area contributed by atoms with Gasteiger partial charge in [-0.25, -0.2) is 29.9 Å². The summed E-state index contributed by atoms with van der Waals surface area (Å²) >= 11 is 0. The van der Waals surface area contributed by atoms with Crippen molar-refractivity contribution in [3.05, 3.63) is 494 Å². The molecule has 674 valence electrons. The molecule has 0 aliphatic rings. The lowest BCUT2D eigenvalue weighted by Gasteiger charge is -2.18. The van der Waals surface area contributed by atoms with Crippen LogP contribution in [0.1, 0.15) is 38.9 Å². The van der Waals surface area contributed by atoms with Gasteiger partial charge in [0.05, 0.1) is 78.8 Å². The number of aromatic nitrogens is 10. The molecular weight excluding hydrogens is 1750 g/mol. The smallest absolute Gasteiger partial charge is 0.164 e. The van der Waals surface area contributed by atoms with Gasteiger partial charge in [0.2, 0.25) is 0 Å². The molecule has 0 aliphatic heterocycles. The first-order valence-electron chi connectivity index (χ1n) is 48.6. The Labute approximate surface area is 831 Å². The molecule has 26 aromatic rings. The fourth-order valence-electron chi connectivity index (χ4n) is 21.3. The summed E-state index contributed by atoms with van der Waals surface area (Å²) in [5.74, 6) is 3.14. The van der Waals surface area contributed by atoms with E-state index in [4.69, 9.17) is 29.9 Å². The lowest BCUT2D eigenvalue weighted by molar-refractivity contribution is 1.07. The van der Waals surface area contributed by atoms with Crippen molar-refractivity contribution >= 4 is 87.2 Å². The van der Waals surface area contributed by atoms with Crippen molar-refractivity contribution in [3.8, 4) is 170 Å². The zero-order valence-corrected chi connectivity index (χ0v) is 78.9. The number of hydrogen-bond acceptors (Lipinski definition) is 8. The Morgan fingerprint density at radius 1 is 0.188 bits per heavy atom. The Morgan fingerprint density at radius 2 is 0.479 bits per heavy atom. The van der Waals surface area contributed by atoms with E-state index in [1.165, 1.54) is 16.7 Å². The summed E-state index contributed by atoms with van der Waals surface area (Å²) in [5, 5.41) is 32.0. The van der Waals surface area contributed by atoms with Crippen molar-refractivity contribution < 1.29 is 0 Å². The molecule has 144 heavy (non-hydrogen) atoms. The molecule has 0 fully saturated rings. The number of rotatable bonds is 18. The van der Waals surface area contributed by atoms with Crippen molar-refractivity contribution in [1.82, 2.24) is 48.2 Å². The van der Waals surface area contributed by atoms with Gasteiger partial charge in [-0.3, -0.25) is 0 Å². The maximum absolute atomic E-state index is 11.6. The summed E-state index contributed by atoms with van der Waals surface area (Å²) in [6.07, 6.45) is 0.663. The number of nitriles is 2. The Morgan fingerprint density at radius 3 is 0.861 bits per heavy atom. The lowest BCUT2D eigenvalue weighted by atomic mass is 9.95. The quantitative estimate of drug-likeness (QED) is 0.0826. The van der Waals surface area contributed by atoms with Crippen molar-refractivity contribution in [2.75, 3.05) is 0 Å². The lowest BCUT2D eigenvalue weighted by Crippen LogP contribution is -2.03. The van der Waals surface area contributed by atoms with Crippen LogP contribution < -0.4 is 0 Å². The van der Waals surface area contributed by atoms with Gasteiger partial charge in [0.25, 0.3) is 0 Å². The van der Waals surface area contributed by atoms with Gasteiger partial charge in [0.1, 0.15) is 0 Å². The monoisotopic (exact) mass is 1840 g/mol. The van der Waals surface area contributed by atoms with Crippen molar-refractivity contribution in [2.45, 2.75) is 27.2 Å². The second-order valence-corrected chi connectivity index (χ2v) is 37.4. The predicted octanol–water partition coefficient (Wildman–Crippen LogP) is 32.7. The van der Waals surface area contributed by atoms with Gasteiger partial charge in [0.15, 0.2) is 34.9 Å². The van der Waals surface area contributed by atoms with E-state index >= 15 is 0 Å². The second kappa shape index (κ2) is 35.2. The summed E-state index contributed by atoms with van der Waals surface area (Å²) in [6.45, 7) is 6.38. The molecule has 0 radical (unpaired) electrons. The van der Waals surface area contributed by atoms with Crippen molar-refractivity contribution in [2.24, 2.45) is 0 Å². The van der Waals surface area contributed by atoms with E-state index in [2.05, 4.69) is 403 Å². The van der Waals surface area contributed by atoms with E-state index in [1.54, 1.807) is 0 Å². The second-order valence-electron chi connectivity index (χ2n) is 37.4. The van der Waals surface area contributed by atoms with Crippen LogP contribution in [0.4, 0.5) is 0 Å². The highest BCUT2D eigenvalue weighted by molar-refractivity contribution is 6.15. The van der Waals surface area contributed by atoms with E-state index in [-0.39, 0.29) is 0 Å². The molecule has 0 aliphatic carbocycles. The summed E-state index contributed by atoms with van der Waals surface area (Å²) in [5.41, 5.74) is 35.9. The highest BCUT2D eigenvalue weighted by Gasteiger charge is 2.28. The molecule has 0 saturated heterocycles. The number of para-hydroxylation sites is 4. The zero-order valence-electron chi connectivity index (χ0n) is 78.9. The van der Waals surface area contributed by atoms with Gasteiger partial charge in [-0.1, -0.05) is 326 Å². The number of nitrogens with zero attached hydrogens (tertiary/aromatic N) is 12. The van der Waals surface area contributed by atoms with E-state index < -0.39 is 0 Å². The number of aryl methyl sites for hydroxylation is 3. The van der Waals surface area contributed by atoms with Crippen LogP contribution in [-0.2, 0) is 6.42 Å². The maximum atomic E-state index is 11.6. The highest BCUT2D eigenvalue weighted by atomic mass is 15.1. The Bertz CT molecular complexity index is 9720. The highest BCUT2D eigenvalue weighted by Crippen LogP contribution is 2.48. The van der Waals surface area contributed by atoms with Crippen LogP contribution in [0.25, 0.3) is 245 Å². The third kappa shape index (κ3) is 15.1. The molecule has 0 atom stereocenters. The number of benzene rings is 20. The molecule has 0 unspecified atom stereocenters. The topological polar surface area (TPSA) is 145 Å². The Balaban J connectivity index is 0.559. The van der Waals surface area contributed by atoms with Crippen LogP contribution in [-0.4, -0.2) is 48.2 Å². The Hall–Kier alpha value is -19.4. The first kappa shape index (κ1) is 85.1. The molecule has 0 saturated carbocycles. The average molecular weight is 1840 g/mol. The standard InChI is InChI=1S/C132H86N12/c1-82-41-47-87(48-42-82)95-55-63-121-111(72-95)105-33-13-17-37-117(105)141(121)103-61-53-101(80-133)109(78-103)116-77-100(60-68-125(116)143-119-39-19-15-35-107(119)113-73-96(56-65-123(113)143)88-49-43-83(2)44-50-88)132-139-129(91-29-11-6-12-30-91)136-130(140-132)92-51-45-85(46-52-92)70-86-24-22-32-94(71-86)98-57-64-122-112(75-98)106-34-14-18-38-118(106)142(122)104-62-54-102(81-134)110(79-104)115-76-99(131-137-127(89-25-7-4-8-26-89)135-128(138-131)90-27-9-5-10-28-90)59-67-126(115)144-120-40-20-16-36-108(120)114-74-97(58-66-124(114)144)93-31-21-23-84(3)69-93/h4-69,71-79H,70H2,1-3H3. The summed E-state index contributed by atoms with van der Waals surface area (Å²) in [6, 6.07) is 166. The maximum Gasteiger partial charge on any atom is 0.164 e. The van der Waals surface area contributed by atoms with Crippen molar-refractivity contribution in [1.29, 1.82) is 10.5 Å². The molecule has 26 rings (SSSR count). The molecular formula is C132H86N12. The number of hydrogen-bond donors (Lipinski definition) is 0. The van der Waals surface area contributed by atoms with Gasteiger partial charge in [-0.15, -0.1) is 0 Å². The van der Waals surface area contributed by atoms with Gasteiger partial charge in [-0.05, 0) is 228 Å². The summed E-state index contributed by atoms with van der Waals surface area (Å²) in [4.78, 5) is 31.8.